The van der Waals surface area contributed by atoms with Crippen molar-refractivity contribution in [1.29, 1.82) is 0 Å². The van der Waals surface area contributed by atoms with Crippen molar-refractivity contribution < 1.29 is 8.42 Å². The molecule has 0 amide bonds. The molecule has 4 unspecified atom stereocenters. The van der Waals surface area contributed by atoms with Gasteiger partial charge in [-0.15, -0.1) is 0 Å². The Morgan fingerprint density at radius 2 is 2.12 bits per heavy atom. The molecular weight excluding hydrogens is 222 g/mol. The molecule has 4 atom stereocenters. The van der Waals surface area contributed by atoms with E-state index in [0.717, 1.165) is 24.3 Å². The van der Waals surface area contributed by atoms with Crippen molar-refractivity contribution in [3.05, 3.63) is 12.2 Å². The lowest BCUT2D eigenvalue weighted by molar-refractivity contribution is 0.397. The largest absolute Gasteiger partial charge is 0.313 e. The van der Waals surface area contributed by atoms with E-state index in [1.165, 1.54) is 19.1 Å². The average Bonchev–Trinajstić information content (AvgIpc) is 2.72. The first-order valence-electron chi connectivity index (χ1n) is 6.03. The molecule has 2 aliphatic rings. The molecule has 3 nitrogen and oxygen atoms in total. The van der Waals surface area contributed by atoms with E-state index in [0.29, 0.717) is 0 Å². The smallest absolute Gasteiger partial charge is 0.148 e. The minimum absolute atomic E-state index is 0.0677. The van der Waals surface area contributed by atoms with Gasteiger partial charge in [0.05, 0.1) is 5.75 Å². The summed E-state index contributed by atoms with van der Waals surface area (Å²) in [6, 6.07) is 0.0677. The molecule has 1 fully saturated rings. The summed E-state index contributed by atoms with van der Waals surface area (Å²) in [5, 5.41) is 3.35. The Bertz CT molecular complexity index is 374. The van der Waals surface area contributed by atoms with Crippen LogP contribution >= 0.6 is 0 Å². The molecule has 0 aromatic carbocycles. The van der Waals surface area contributed by atoms with Crippen molar-refractivity contribution in [1.82, 2.24) is 5.32 Å². The van der Waals surface area contributed by atoms with Gasteiger partial charge in [0.1, 0.15) is 9.84 Å². The monoisotopic (exact) mass is 243 g/mol. The van der Waals surface area contributed by atoms with Crippen molar-refractivity contribution in [2.75, 3.05) is 18.6 Å². The van der Waals surface area contributed by atoms with Crippen LogP contribution in [0.25, 0.3) is 0 Å². The zero-order valence-electron chi connectivity index (χ0n) is 10.0. The van der Waals surface area contributed by atoms with Gasteiger partial charge < -0.3 is 5.32 Å². The predicted molar refractivity (Wildman–Crippen MR) is 66.0 cm³/mol. The van der Waals surface area contributed by atoms with E-state index in [1.54, 1.807) is 0 Å². The lowest BCUT2D eigenvalue weighted by Gasteiger charge is -2.21. The van der Waals surface area contributed by atoms with E-state index in [4.69, 9.17) is 0 Å². The molecule has 1 N–H and O–H groups in total. The Hall–Kier alpha value is -0.350. The molecule has 0 heterocycles. The highest BCUT2D eigenvalue weighted by Crippen LogP contribution is 2.42. The van der Waals surface area contributed by atoms with Crippen molar-refractivity contribution in [2.24, 2.45) is 17.8 Å². The lowest BCUT2D eigenvalue weighted by atomic mass is 9.93. The molecule has 16 heavy (non-hydrogen) atoms. The van der Waals surface area contributed by atoms with Crippen LogP contribution in [0.2, 0.25) is 0 Å². The maximum absolute atomic E-state index is 11.1. The second-order valence-corrected chi connectivity index (χ2v) is 7.63. The maximum Gasteiger partial charge on any atom is 0.148 e. The molecule has 0 spiro atoms. The van der Waals surface area contributed by atoms with Gasteiger partial charge in [-0.2, -0.15) is 0 Å². The molecule has 0 aliphatic heterocycles. The quantitative estimate of drug-likeness (QED) is 0.739. The molecule has 0 saturated heterocycles. The molecular formula is C12H21NO2S. The molecule has 0 aromatic rings. The fourth-order valence-electron chi connectivity index (χ4n) is 2.99. The number of rotatable bonds is 5. The third-order valence-electron chi connectivity index (χ3n) is 3.70. The zero-order chi connectivity index (χ0) is 11.8. The molecule has 2 bridgehead atoms. The van der Waals surface area contributed by atoms with Gasteiger partial charge in [0.25, 0.3) is 0 Å². The predicted octanol–water partition coefficient (Wildman–Crippen LogP) is 1.22. The van der Waals surface area contributed by atoms with Crippen LogP contribution in [0.4, 0.5) is 0 Å². The first-order valence-corrected chi connectivity index (χ1v) is 8.09. The Morgan fingerprint density at radius 1 is 1.38 bits per heavy atom. The van der Waals surface area contributed by atoms with Gasteiger partial charge >= 0.3 is 0 Å². The van der Waals surface area contributed by atoms with Crippen LogP contribution in [-0.4, -0.2) is 33.0 Å². The second-order valence-electron chi connectivity index (χ2n) is 5.44. The number of hydrogen-bond acceptors (Lipinski definition) is 3. The summed E-state index contributed by atoms with van der Waals surface area (Å²) in [5.74, 6) is 2.49. The van der Waals surface area contributed by atoms with Crippen LogP contribution in [0.3, 0.4) is 0 Å². The Labute approximate surface area is 98.2 Å². The summed E-state index contributed by atoms with van der Waals surface area (Å²) in [6.45, 7) is 2.91. The van der Waals surface area contributed by atoms with Gasteiger partial charge in [-0.05, 0) is 44.1 Å². The topological polar surface area (TPSA) is 46.2 Å². The third-order valence-corrected chi connectivity index (χ3v) is 4.80. The van der Waals surface area contributed by atoms with E-state index in [-0.39, 0.29) is 11.8 Å². The van der Waals surface area contributed by atoms with Crippen LogP contribution in [0.1, 0.15) is 19.8 Å². The molecule has 92 valence electrons. The van der Waals surface area contributed by atoms with Gasteiger partial charge in [0.2, 0.25) is 0 Å². The van der Waals surface area contributed by atoms with E-state index in [1.807, 2.05) is 6.92 Å². The van der Waals surface area contributed by atoms with Gasteiger partial charge in [-0.3, -0.25) is 0 Å². The lowest BCUT2D eigenvalue weighted by Crippen LogP contribution is -2.36. The highest BCUT2D eigenvalue weighted by Gasteiger charge is 2.35. The molecule has 0 aromatic heterocycles. The molecule has 2 aliphatic carbocycles. The zero-order valence-corrected chi connectivity index (χ0v) is 10.8. The van der Waals surface area contributed by atoms with Crippen LogP contribution < -0.4 is 5.32 Å². The first kappa shape index (κ1) is 12.1. The summed E-state index contributed by atoms with van der Waals surface area (Å²) in [7, 11) is -2.86. The van der Waals surface area contributed by atoms with Crippen LogP contribution in [0.5, 0.6) is 0 Å². The highest BCUT2D eigenvalue weighted by atomic mass is 32.2. The van der Waals surface area contributed by atoms with Crippen LogP contribution in [0, 0.1) is 17.8 Å². The highest BCUT2D eigenvalue weighted by molar-refractivity contribution is 7.90. The summed E-state index contributed by atoms with van der Waals surface area (Å²) in [5.41, 5.74) is 0. The fraction of sp³-hybridized carbons (Fsp3) is 0.833. The molecule has 4 heteroatoms. The van der Waals surface area contributed by atoms with Gasteiger partial charge in [0, 0.05) is 12.3 Å². The number of fused-ring (bicyclic) bond motifs is 2. The van der Waals surface area contributed by atoms with E-state index < -0.39 is 9.84 Å². The van der Waals surface area contributed by atoms with Gasteiger partial charge in [-0.25, -0.2) is 8.42 Å². The van der Waals surface area contributed by atoms with Crippen molar-refractivity contribution in [3.8, 4) is 0 Å². The molecule has 0 radical (unpaired) electrons. The summed E-state index contributed by atoms with van der Waals surface area (Å²) in [6.07, 6.45) is 8.56. The normalized spacial score (nSPS) is 34.5. The standard InChI is InChI=1S/C12H21NO2S/c1-9(8-16(2,14)15)13-7-12-6-10-3-4-11(12)5-10/h3-4,9-13H,5-8H2,1-2H3. The molecule has 2 rings (SSSR count). The number of nitrogens with one attached hydrogen (secondary N) is 1. The van der Waals surface area contributed by atoms with E-state index in [9.17, 15) is 8.42 Å². The minimum atomic E-state index is -2.86. The second kappa shape index (κ2) is 4.49. The maximum atomic E-state index is 11.1. The van der Waals surface area contributed by atoms with Crippen LogP contribution in [0.15, 0.2) is 12.2 Å². The summed E-state index contributed by atoms with van der Waals surface area (Å²) in [4.78, 5) is 0. The van der Waals surface area contributed by atoms with Gasteiger partial charge in [0.15, 0.2) is 0 Å². The Kier molecular flexibility index (Phi) is 3.40. The fourth-order valence-corrected chi connectivity index (χ4v) is 4.02. The SMILES string of the molecule is CC(CS(C)(=O)=O)NCC1CC2C=CC1C2. The third kappa shape index (κ3) is 3.08. The van der Waals surface area contributed by atoms with Crippen molar-refractivity contribution in [3.63, 3.8) is 0 Å². The van der Waals surface area contributed by atoms with E-state index in [2.05, 4.69) is 17.5 Å². The Balaban J connectivity index is 1.74. The minimum Gasteiger partial charge on any atom is -0.313 e. The van der Waals surface area contributed by atoms with Gasteiger partial charge in [-0.1, -0.05) is 12.2 Å². The summed E-state index contributed by atoms with van der Waals surface area (Å²) < 4.78 is 22.2. The number of hydrogen-bond donors (Lipinski definition) is 1. The first-order chi connectivity index (χ1) is 7.44. The van der Waals surface area contributed by atoms with Crippen molar-refractivity contribution >= 4 is 9.84 Å². The Morgan fingerprint density at radius 3 is 2.62 bits per heavy atom. The molecule has 1 saturated carbocycles. The average molecular weight is 243 g/mol. The number of allylic oxidation sites excluding steroid dienone is 2. The number of sulfone groups is 1. The van der Waals surface area contributed by atoms with Crippen LogP contribution in [-0.2, 0) is 9.84 Å². The van der Waals surface area contributed by atoms with E-state index >= 15 is 0 Å². The van der Waals surface area contributed by atoms with Crippen molar-refractivity contribution in [2.45, 2.75) is 25.8 Å². The summed E-state index contributed by atoms with van der Waals surface area (Å²) >= 11 is 0.